The van der Waals surface area contributed by atoms with Gasteiger partial charge in [-0.05, 0) is 26.0 Å². The second-order valence-electron chi connectivity index (χ2n) is 5.39. The zero-order valence-electron chi connectivity index (χ0n) is 13.1. The predicted octanol–water partition coefficient (Wildman–Crippen LogP) is 3.03. The fourth-order valence-electron chi connectivity index (χ4n) is 2.72. The van der Waals surface area contributed by atoms with Crippen LogP contribution in [0.2, 0.25) is 5.02 Å². The van der Waals surface area contributed by atoms with Gasteiger partial charge in [-0.1, -0.05) is 22.8 Å². The van der Waals surface area contributed by atoms with Gasteiger partial charge in [-0.3, -0.25) is 4.79 Å². The SMILES string of the molecule is Cc1noc(C)c1C(=O)Nc1cccc(Cl)c1N1CCOCC1. The van der Waals surface area contributed by atoms with Crippen LogP contribution in [-0.2, 0) is 4.74 Å². The van der Waals surface area contributed by atoms with Crippen molar-refractivity contribution in [1.82, 2.24) is 5.16 Å². The Hall–Kier alpha value is -2.05. The lowest BCUT2D eigenvalue weighted by atomic mass is 10.1. The largest absolute Gasteiger partial charge is 0.378 e. The quantitative estimate of drug-likeness (QED) is 0.933. The maximum absolute atomic E-state index is 12.6. The molecule has 6 nitrogen and oxygen atoms in total. The number of carbonyl (C=O) groups is 1. The van der Waals surface area contributed by atoms with Crippen LogP contribution in [0, 0.1) is 13.8 Å². The third-order valence-corrected chi connectivity index (χ3v) is 4.13. The Morgan fingerprint density at radius 2 is 2.04 bits per heavy atom. The van der Waals surface area contributed by atoms with Crippen molar-refractivity contribution >= 4 is 28.9 Å². The van der Waals surface area contributed by atoms with Gasteiger partial charge in [0, 0.05) is 13.1 Å². The smallest absolute Gasteiger partial charge is 0.261 e. The van der Waals surface area contributed by atoms with Crippen molar-refractivity contribution < 1.29 is 14.1 Å². The Bertz CT molecular complexity index is 704. The summed E-state index contributed by atoms with van der Waals surface area (Å²) in [6.07, 6.45) is 0. The van der Waals surface area contributed by atoms with Crippen molar-refractivity contribution in [2.24, 2.45) is 0 Å². The van der Waals surface area contributed by atoms with E-state index in [1.54, 1.807) is 13.8 Å². The topological polar surface area (TPSA) is 67.6 Å². The maximum Gasteiger partial charge on any atom is 0.261 e. The molecule has 1 amide bonds. The number of hydrogen-bond donors (Lipinski definition) is 1. The second kappa shape index (κ2) is 6.60. The zero-order chi connectivity index (χ0) is 16.4. The summed E-state index contributed by atoms with van der Waals surface area (Å²) in [6.45, 7) is 6.21. The Morgan fingerprint density at radius 1 is 1.30 bits per heavy atom. The molecule has 23 heavy (non-hydrogen) atoms. The molecule has 1 saturated heterocycles. The molecule has 7 heteroatoms. The lowest BCUT2D eigenvalue weighted by Gasteiger charge is -2.31. The minimum absolute atomic E-state index is 0.252. The van der Waals surface area contributed by atoms with Gasteiger partial charge < -0.3 is 19.5 Å². The van der Waals surface area contributed by atoms with Gasteiger partial charge in [-0.2, -0.15) is 0 Å². The van der Waals surface area contributed by atoms with Crippen LogP contribution in [0.5, 0.6) is 0 Å². The average Bonchev–Trinajstić information content (AvgIpc) is 2.87. The summed E-state index contributed by atoms with van der Waals surface area (Å²) in [5, 5.41) is 7.35. The van der Waals surface area contributed by atoms with Crippen molar-refractivity contribution in [2.45, 2.75) is 13.8 Å². The molecule has 1 aromatic carbocycles. The average molecular weight is 336 g/mol. The molecule has 1 aliphatic rings. The number of amides is 1. The van der Waals surface area contributed by atoms with E-state index in [0.717, 1.165) is 18.8 Å². The number of ether oxygens (including phenoxy) is 1. The van der Waals surface area contributed by atoms with Gasteiger partial charge in [-0.25, -0.2) is 0 Å². The van der Waals surface area contributed by atoms with Gasteiger partial charge in [0.1, 0.15) is 11.3 Å². The first-order valence-corrected chi connectivity index (χ1v) is 7.81. The summed E-state index contributed by atoms with van der Waals surface area (Å²) < 4.78 is 10.4. The predicted molar refractivity (Wildman–Crippen MR) is 88.4 cm³/mol. The first kappa shape index (κ1) is 15.8. The van der Waals surface area contributed by atoms with E-state index in [0.29, 0.717) is 40.9 Å². The third-order valence-electron chi connectivity index (χ3n) is 3.82. The van der Waals surface area contributed by atoms with E-state index in [1.165, 1.54) is 0 Å². The van der Waals surface area contributed by atoms with Gasteiger partial charge in [0.15, 0.2) is 0 Å². The van der Waals surface area contributed by atoms with E-state index in [4.69, 9.17) is 20.9 Å². The normalized spacial score (nSPS) is 14.8. The highest BCUT2D eigenvalue weighted by molar-refractivity contribution is 6.34. The van der Waals surface area contributed by atoms with E-state index in [9.17, 15) is 4.79 Å². The van der Waals surface area contributed by atoms with Crippen LogP contribution in [0.25, 0.3) is 0 Å². The van der Waals surface area contributed by atoms with E-state index in [2.05, 4.69) is 15.4 Å². The summed E-state index contributed by atoms with van der Waals surface area (Å²) in [6, 6.07) is 5.47. The standard InChI is InChI=1S/C16H18ClN3O3/c1-10-14(11(2)23-19-10)16(21)18-13-5-3-4-12(17)15(13)20-6-8-22-9-7-20/h3-5H,6-9H2,1-2H3,(H,18,21). The number of hydrogen-bond acceptors (Lipinski definition) is 5. The number of anilines is 2. The van der Waals surface area contributed by atoms with E-state index in [-0.39, 0.29) is 5.91 Å². The molecule has 122 valence electrons. The molecule has 0 spiro atoms. The lowest BCUT2D eigenvalue weighted by molar-refractivity contribution is 0.102. The number of nitrogens with zero attached hydrogens (tertiary/aromatic N) is 2. The van der Waals surface area contributed by atoms with E-state index >= 15 is 0 Å². The Morgan fingerprint density at radius 3 is 2.70 bits per heavy atom. The first-order chi connectivity index (χ1) is 11.1. The molecule has 0 radical (unpaired) electrons. The number of morpholine rings is 1. The molecular weight excluding hydrogens is 318 g/mol. The molecule has 0 saturated carbocycles. The van der Waals surface area contributed by atoms with Crippen LogP contribution < -0.4 is 10.2 Å². The molecule has 2 heterocycles. The fourth-order valence-corrected chi connectivity index (χ4v) is 3.01. The number of benzene rings is 1. The fraction of sp³-hybridized carbons (Fsp3) is 0.375. The van der Waals surface area contributed by atoms with Crippen LogP contribution in [0.15, 0.2) is 22.7 Å². The molecule has 2 aromatic rings. The summed E-state index contributed by atoms with van der Waals surface area (Å²) in [5.74, 6) is 0.243. The second-order valence-corrected chi connectivity index (χ2v) is 5.80. The number of rotatable bonds is 3. The van der Waals surface area contributed by atoms with Crippen molar-refractivity contribution in [2.75, 3.05) is 36.5 Å². The number of carbonyl (C=O) groups excluding carboxylic acids is 1. The van der Waals surface area contributed by atoms with Crippen LogP contribution >= 0.6 is 11.6 Å². The number of aryl methyl sites for hydroxylation is 2. The number of para-hydroxylation sites is 1. The Labute approximate surface area is 139 Å². The van der Waals surface area contributed by atoms with Crippen molar-refractivity contribution in [3.8, 4) is 0 Å². The number of aromatic nitrogens is 1. The van der Waals surface area contributed by atoms with Crippen molar-refractivity contribution in [1.29, 1.82) is 0 Å². The molecule has 0 unspecified atom stereocenters. The first-order valence-electron chi connectivity index (χ1n) is 7.43. The molecule has 0 aliphatic carbocycles. The molecular formula is C16H18ClN3O3. The van der Waals surface area contributed by atoms with Gasteiger partial charge >= 0.3 is 0 Å². The van der Waals surface area contributed by atoms with E-state index in [1.807, 2.05) is 18.2 Å². The highest BCUT2D eigenvalue weighted by Crippen LogP contribution is 2.35. The summed E-state index contributed by atoms with van der Waals surface area (Å²) >= 11 is 6.37. The molecule has 1 aliphatic heterocycles. The molecule has 3 rings (SSSR count). The van der Waals surface area contributed by atoms with Crippen LogP contribution in [0.3, 0.4) is 0 Å². The zero-order valence-corrected chi connectivity index (χ0v) is 13.8. The summed E-state index contributed by atoms with van der Waals surface area (Å²) in [7, 11) is 0. The highest BCUT2D eigenvalue weighted by Gasteiger charge is 2.22. The number of halogens is 1. The highest BCUT2D eigenvalue weighted by atomic mass is 35.5. The number of nitrogens with one attached hydrogen (secondary N) is 1. The molecule has 1 aromatic heterocycles. The van der Waals surface area contributed by atoms with Gasteiger partial charge in [0.05, 0.1) is 35.3 Å². The van der Waals surface area contributed by atoms with E-state index < -0.39 is 0 Å². The minimum atomic E-state index is -0.252. The van der Waals surface area contributed by atoms with Crippen molar-refractivity contribution in [3.63, 3.8) is 0 Å². The lowest BCUT2D eigenvalue weighted by Crippen LogP contribution is -2.37. The molecule has 1 fully saturated rings. The Kier molecular flexibility index (Phi) is 4.54. The van der Waals surface area contributed by atoms with Crippen LogP contribution in [-0.4, -0.2) is 37.4 Å². The summed E-state index contributed by atoms with van der Waals surface area (Å²) in [5.41, 5.74) is 2.51. The summed E-state index contributed by atoms with van der Waals surface area (Å²) in [4.78, 5) is 14.7. The van der Waals surface area contributed by atoms with Crippen LogP contribution in [0.1, 0.15) is 21.8 Å². The van der Waals surface area contributed by atoms with Gasteiger partial charge in [-0.15, -0.1) is 0 Å². The van der Waals surface area contributed by atoms with Crippen LogP contribution in [0.4, 0.5) is 11.4 Å². The molecule has 0 atom stereocenters. The van der Waals surface area contributed by atoms with Crippen molar-refractivity contribution in [3.05, 3.63) is 40.2 Å². The van der Waals surface area contributed by atoms with Gasteiger partial charge in [0.25, 0.3) is 5.91 Å². The maximum atomic E-state index is 12.6. The monoisotopic (exact) mass is 335 g/mol. The Balaban J connectivity index is 1.91. The third kappa shape index (κ3) is 3.18. The minimum Gasteiger partial charge on any atom is -0.378 e. The van der Waals surface area contributed by atoms with Gasteiger partial charge in [0.2, 0.25) is 0 Å². The molecule has 0 bridgehead atoms. The molecule has 1 N–H and O–H groups in total.